The lowest BCUT2D eigenvalue weighted by Gasteiger charge is -2.47. The van der Waals surface area contributed by atoms with E-state index in [9.17, 15) is 0 Å². The van der Waals surface area contributed by atoms with Gasteiger partial charge in [0.2, 0.25) is 0 Å². The molecule has 480 valence electrons. The Labute approximate surface area is 584 Å². The molecule has 15 rings (SSSR count). The topological polar surface area (TPSA) is 6.48 Å². The van der Waals surface area contributed by atoms with Gasteiger partial charge in [-0.25, -0.2) is 0 Å². The molecule has 0 atom stereocenters. The van der Waals surface area contributed by atoms with E-state index in [-0.39, 0.29) is 28.4 Å². The van der Waals surface area contributed by atoms with Crippen molar-refractivity contribution in [2.75, 3.05) is 9.80 Å². The van der Waals surface area contributed by atoms with Gasteiger partial charge in [-0.1, -0.05) is 344 Å². The average Bonchev–Trinajstić information content (AvgIpc) is 0.689. The Balaban J connectivity index is 1.08. The molecule has 0 aromatic heterocycles. The third-order valence-corrected chi connectivity index (χ3v) is 25.6. The lowest BCUT2D eigenvalue weighted by atomic mass is 9.33. The van der Waals surface area contributed by atoms with Crippen LogP contribution in [-0.2, 0) is 21.7 Å². The molecule has 2 aliphatic heterocycles. The largest absolute Gasteiger partial charge is 0.310 e. The van der Waals surface area contributed by atoms with E-state index in [0.717, 1.165) is 5.69 Å². The van der Waals surface area contributed by atoms with E-state index in [1.54, 1.807) is 0 Å². The van der Waals surface area contributed by atoms with Crippen LogP contribution in [0.3, 0.4) is 0 Å². The molecule has 0 fully saturated rings. The number of nitrogens with zero attached hydrogens (tertiary/aromatic N) is 2. The van der Waals surface area contributed by atoms with Crippen molar-refractivity contribution in [1.82, 2.24) is 0 Å². The van der Waals surface area contributed by atoms with Crippen LogP contribution >= 0.6 is 0 Å². The summed E-state index contributed by atoms with van der Waals surface area (Å²) in [6, 6.07) is 119. The van der Waals surface area contributed by atoms with E-state index in [1.165, 1.54) is 143 Å². The minimum Gasteiger partial charge on any atom is -0.310 e. The van der Waals surface area contributed by atoms with Gasteiger partial charge in [0, 0.05) is 45.0 Å². The van der Waals surface area contributed by atoms with Crippen molar-refractivity contribution >= 4 is 86.0 Å². The van der Waals surface area contributed by atoms with E-state index in [1.807, 2.05) is 0 Å². The first-order valence-corrected chi connectivity index (χ1v) is 37.1. The van der Waals surface area contributed by atoms with E-state index in [4.69, 9.17) is 0 Å². The van der Waals surface area contributed by atoms with E-state index >= 15 is 0 Å². The van der Waals surface area contributed by atoms with Crippen LogP contribution in [0, 0.1) is 0 Å². The van der Waals surface area contributed by atoms with Gasteiger partial charge in [0.15, 0.2) is 8.07 Å². The molecule has 0 spiro atoms. The van der Waals surface area contributed by atoms with Crippen molar-refractivity contribution in [3.05, 3.63) is 332 Å². The first-order valence-electron chi connectivity index (χ1n) is 35.1. The molecule has 2 nitrogen and oxygen atoms in total. The highest BCUT2D eigenvalue weighted by Crippen LogP contribution is 2.55. The molecule has 0 saturated carbocycles. The summed E-state index contributed by atoms with van der Waals surface area (Å²) in [5.74, 6) is 0. The maximum atomic E-state index is 2.74. The van der Waals surface area contributed by atoms with Crippen LogP contribution in [0.5, 0.6) is 0 Å². The first kappa shape index (κ1) is 63.8. The van der Waals surface area contributed by atoms with Crippen LogP contribution in [0.1, 0.15) is 105 Å². The normalized spacial score (nSPS) is 13.0. The molecule has 0 saturated heterocycles. The zero-order valence-electron chi connectivity index (χ0n) is 58.9. The maximum Gasteiger partial charge on any atom is 0.252 e. The lowest BCUT2D eigenvalue weighted by Crippen LogP contribution is -2.74. The summed E-state index contributed by atoms with van der Waals surface area (Å²) in [6.45, 7) is 28.3. The van der Waals surface area contributed by atoms with Crippen molar-refractivity contribution < 1.29 is 0 Å². The molecular formula is C94H87BN2Si. The van der Waals surface area contributed by atoms with E-state index in [0.29, 0.717) is 0 Å². The van der Waals surface area contributed by atoms with Crippen molar-refractivity contribution in [1.29, 1.82) is 0 Å². The van der Waals surface area contributed by atoms with Gasteiger partial charge in [0.1, 0.15) is 0 Å². The Morgan fingerprint density at radius 3 is 0.898 bits per heavy atom. The highest BCUT2D eigenvalue weighted by atomic mass is 28.3. The molecule has 0 bridgehead atoms. The second-order valence-electron chi connectivity index (χ2n) is 31.3. The summed E-state index contributed by atoms with van der Waals surface area (Å²) in [5, 5.41) is 5.43. The number of anilines is 6. The minimum absolute atomic E-state index is 0.157. The molecular weight excluding hydrogens is 1200 g/mol. The second kappa shape index (κ2) is 24.7. The number of hydrogen-bond donors (Lipinski definition) is 0. The van der Waals surface area contributed by atoms with Crippen molar-refractivity contribution in [3.63, 3.8) is 0 Å². The predicted octanol–water partition coefficient (Wildman–Crippen LogP) is 20.7. The zero-order valence-corrected chi connectivity index (χ0v) is 59.9. The molecule has 4 heteroatoms. The Hall–Kier alpha value is -10.3. The molecule has 98 heavy (non-hydrogen) atoms. The van der Waals surface area contributed by atoms with Crippen LogP contribution in [0.15, 0.2) is 309 Å². The summed E-state index contributed by atoms with van der Waals surface area (Å²) in [5.41, 5.74) is 27.1. The zero-order chi connectivity index (χ0) is 67.9. The van der Waals surface area contributed by atoms with Gasteiger partial charge in [-0.15, -0.1) is 0 Å². The maximum absolute atomic E-state index is 2.82. The number of hydrogen-bond acceptors (Lipinski definition) is 2. The SMILES string of the molecule is CC(C)(C)c1cc(-c2ccccc2)c(N2c3ccc(-c4ccc([Si](c5ccccc5)(c5ccccc5)c5ccccc5)cc4)cc3B3c4ccc(C(C)(C)C)cc4N(c4c(-c5ccccc5)cc(C(C)(C)C)cc4-c4ccccc4)c4cc(C(C)(C)C)cc2c43)c(-c2ccccc2)c1. The van der Waals surface area contributed by atoms with Crippen LogP contribution in [0.4, 0.5) is 34.1 Å². The number of fused-ring (bicyclic) bond motifs is 4. The molecule has 0 aliphatic carbocycles. The number of rotatable bonds is 11. The van der Waals surface area contributed by atoms with Gasteiger partial charge in [-0.2, -0.15) is 0 Å². The molecule has 13 aromatic rings. The van der Waals surface area contributed by atoms with Crippen molar-refractivity contribution in [2.45, 2.75) is 105 Å². The molecule has 0 unspecified atom stereocenters. The Bertz CT molecular complexity index is 4860. The molecule has 0 amide bonds. The number of benzene rings is 13. The van der Waals surface area contributed by atoms with Gasteiger partial charge in [-0.05, 0) is 163 Å². The van der Waals surface area contributed by atoms with E-state index in [2.05, 4.69) is 402 Å². The predicted molar refractivity (Wildman–Crippen MR) is 426 cm³/mol. The molecule has 13 aromatic carbocycles. The Kier molecular flexibility index (Phi) is 16.1. The quantitative estimate of drug-likeness (QED) is 0.0941. The van der Waals surface area contributed by atoms with Gasteiger partial charge < -0.3 is 9.80 Å². The molecule has 2 aliphatic rings. The summed E-state index contributed by atoms with van der Waals surface area (Å²) in [6.07, 6.45) is 0. The second-order valence-corrected chi connectivity index (χ2v) is 35.1. The summed E-state index contributed by atoms with van der Waals surface area (Å²) < 4.78 is 0. The summed E-state index contributed by atoms with van der Waals surface area (Å²) in [4.78, 5) is 5.45. The van der Waals surface area contributed by atoms with Crippen LogP contribution in [0.2, 0.25) is 0 Å². The van der Waals surface area contributed by atoms with Crippen LogP contribution < -0.4 is 46.9 Å². The van der Waals surface area contributed by atoms with Crippen molar-refractivity contribution in [2.24, 2.45) is 0 Å². The van der Waals surface area contributed by atoms with E-state index < -0.39 is 8.07 Å². The summed E-state index contributed by atoms with van der Waals surface area (Å²) >= 11 is 0. The lowest BCUT2D eigenvalue weighted by molar-refractivity contribution is 0.589. The Morgan fingerprint density at radius 1 is 0.235 bits per heavy atom. The molecule has 0 radical (unpaired) electrons. The summed E-state index contributed by atoms with van der Waals surface area (Å²) in [7, 11) is -2.82. The van der Waals surface area contributed by atoms with Crippen molar-refractivity contribution in [3.8, 4) is 55.6 Å². The van der Waals surface area contributed by atoms with Gasteiger partial charge in [-0.3, -0.25) is 0 Å². The van der Waals surface area contributed by atoms with Gasteiger partial charge in [0.05, 0.1) is 11.4 Å². The van der Waals surface area contributed by atoms with Crippen LogP contribution in [0.25, 0.3) is 55.6 Å². The minimum atomic E-state index is -2.82. The highest BCUT2D eigenvalue weighted by Gasteiger charge is 2.47. The molecule has 2 heterocycles. The fourth-order valence-corrected chi connectivity index (χ4v) is 20.2. The molecule has 0 N–H and O–H groups in total. The van der Waals surface area contributed by atoms with Gasteiger partial charge in [0.25, 0.3) is 6.71 Å². The van der Waals surface area contributed by atoms with Crippen LogP contribution in [-0.4, -0.2) is 14.8 Å². The fraction of sp³-hybridized carbons (Fsp3) is 0.170. The smallest absolute Gasteiger partial charge is 0.252 e. The van der Waals surface area contributed by atoms with Gasteiger partial charge >= 0.3 is 0 Å². The third kappa shape index (κ3) is 11.3. The highest BCUT2D eigenvalue weighted by molar-refractivity contribution is 7.19. The Morgan fingerprint density at radius 2 is 0.541 bits per heavy atom. The third-order valence-electron chi connectivity index (χ3n) is 20.8. The fourth-order valence-electron chi connectivity index (χ4n) is 15.5. The average molecular weight is 1280 g/mol. The standard InChI is InChI=1S/C94H87BN2Si/c1-91(2,3)70-51-54-82-85(61-70)97(90-80(67-38-24-15-25-39-67)59-72(93(7,8)9)60-81(90)68-40-26-16-27-41-68)87-63-73(94(10,11)12)62-86-88(87)95(82)83-56-69(64-48-52-77(53-49-64)98(74-42-28-17-29-43-74,75-44-30-18-31-45-75)76-46-32-19-33-47-76)50-55-84(83)96(86)89-78(65-34-20-13-21-35-65)57-71(92(4,5)6)58-79(89)66-36-22-14-23-37-66/h13-63H,1-12H3. The monoisotopic (exact) mass is 1280 g/mol. The first-order chi connectivity index (χ1) is 47.2.